The van der Waals surface area contributed by atoms with Gasteiger partial charge in [-0.1, -0.05) is 42.5 Å². The Kier molecular flexibility index (Phi) is 6.29. The number of benzene rings is 3. The van der Waals surface area contributed by atoms with E-state index in [0.717, 1.165) is 41.8 Å². The van der Waals surface area contributed by atoms with Crippen molar-refractivity contribution in [3.8, 4) is 11.3 Å². The summed E-state index contributed by atoms with van der Waals surface area (Å²) in [6, 6.07) is 21.0. The Balaban J connectivity index is 1.58. The van der Waals surface area contributed by atoms with Gasteiger partial charge >= 0.3 is 6.18 Å². The van der Waals surface area contributed by atoms with E-state index in [4.69, 9.17) is 0 Å². The maximum absolute atomic E-state index is 14.1. The molecule has 6 nitrogen and oxygen atoms in total. The van der Waals surface area contributed by atoms with Crippen LogP contribution < -0.4 is 10.2 Å². The highest BCUT2D eigenvalue weighted by atomic mass is 19.4. The van der Waals surface area contributed by atoms with E-state index >= 15 is 0 Å². The molecule has 188 valence electrons. The lowest BCUT2D eigenvalue weighted by Crippen LogP contribution is -2.21. The van der Waals surface area contributed by atoms with Gasteiger partial charge in [-0.25, -0.2) is 9.50 Å². The van der Waals surface area contributed by atoms with E-state index in [9.17, 15) is 18.0 Å². The van der Waals surface area contributed by atoms with Crippen molar-refractivity contribution >= 4 is 33.7 Å². The molecule has 0 aliphatic rings. The minimum atomic E-state index is -4.71. The summed E-state index contributed by atoms with van der Waals surface area (Å²) in [6.45, 7) is 5.80. The molecule has 2 aromatic heterocycles. The van der Waals surface area contributed by atoms with Gasteiger partial charge in [-0.05, 0) is 55.0 Å². The second-order valence-corrected chi connectivity index (χ2v) is 8.52. The van der Waals surface area contributed by atoms with Crippen LogP contribution in [0.25, 0.3) is 27.7 Å². The van der Waals surface area contributed by atoms with Gasteiger partial charge in [0.05, 0.1) is 11.9 Å². The van der Waals surface area contributed by atoms with Crippen LogP contribution in [-0.2, 0) is 6.18 Å². The monoisotopic (exact) mass is 503 g/mol. The Hall–Kier alpha value is -4.40. The molecule has 0 aliphatic carbocycles. The SMILES string of the molecule is CCN(CC)c1ccc(NC(=O)c2cnn3c(C(F)(F)F)cc(-c4cccc5ccccc45)nc23)cc1. The predicted molar refractivity (Wildman–Crippen MR) is 139 cm³/mol. The number of carbonyl (C=O) groups excluding carboxylic acids is 1. The van der Waals surface area contributed by atoms with Gasteiger partial charge in [-0.15, -0.1) is 0 Å². The van der Waals surface area contributed by atoms with E-state index in [1.54, 1.807) is 24.3 Å². The average Bonchev–Trinajstić information content (AvgIpc) is 3.33. The van der Waals surface area contributed by atoms with Gasteiger partial charge in [0.25, 0.3) is 5.91 Å². The van der Waals surface area contributed by atoms with E-state index in [2.05, 4.69) is 34.1 Å². The molecule has 5 aromatic rings. The molecule has 0 atom stereocenters. The number of amides is 1. The number of rotatable bonds is 6. The molecule has 5 rings (SSSR count). The Labute approximate surface area is 211 Å². The number of alkyl halides is 3. The Morgan fingerprint density at radius 2 is 1.68 bits per heavy atom. The van der Waals surface area contributed by atoms with Gasteiger partial charge in [0, 0.05) is 30.0 Å². The largest absolute Gasteiger partial charge is 0.433 e. The van der Waals surface area contributed by atoms with Crippen molar-refractivity contribution in [2.45, 2.75) is 20.0 Å². The second kappa shape index (κ2) is 9.57. The number of halogens is 3. The first-order valence-corrected chi connectivity index (χ1v) is 11.9. The fraction of sp³-hybridized carbons (Fsp3) is 0.179. The Morgan fingerprint density at radius 1 is 0.973 bits per heavy atom. The summed E-state index contributed by atoms with van der Waals surface area (Å²) < 4.78 is 42.8. The smallest absolute Gasteiger partial charge is 0.372 e. The maximum Gasteiger partial charge on any atom is 0.433 e. The summed E-state index contributed by atoms with van der Waals surface area (Å²) in [4.78, 5) is 19.8. The van der Waals surface area contributed by atoms with Crippen molar-refractivity contribution < 1.29 is 18.0 Å². The molecule has 1 N–H and O–H groups in total. The number of carbonyl (C=O) groups is 1. The number of anilines is 2. The summed E-state index contributed by atoms with van der Waals surface area (Å²) in [5.41, 5.74) is 0.926. The first kappa shape index (κ1) is 24.3. The molecular weight excluding hydrogens is 479 g/mol. The fourth-order valence-electron chi connectivity index (χ4n) is 4.45. The second-order valence-electron chi connectivity index (χ2n) is 8.52. The molecule has 0 bridgehead atoms. The van der Waals surface area contributed by atoms with E-state index in [-0.39, 0.29) is 16.9 Å². The molecule has 0 spiro atoms. The topological polar surface area (TPSA) is 62.5 Å². The van der Waals surface area contributed by atoms with Crippen molar-refractivity contribution in [2.24, 2.45) is 0 Å². The zero-order chi connectivity index (χ0) is 26.2. The third kappa shape index (κ3) is 4.60. The van der Waals surface area contributed by atoms with Crippen LogP contribution in [0.4, 0.5) is 24.5 Å². The maximum atomic E-state index is 14.1. The van der Waals surface area contributed by atoms with Crippen molar-refractivity contribution in [3.63, 3.8) is 0 Å². The summed E-state index contributed by atoms with van der Waals surface area (Å²) >= 11 is 0. The van der Waals surface area contributed by atoms with Crippen LogP contribution in [0.15, 0.2) is 79.0 Å². The summed E-state index contributed by atoms with van der Waals surface area (Å²) in [5, 5.41) is 8.25. The highest BCUT2D eigenvalue weighted by Gasteiger charge is 2.36. The number of hydrogen-bond acceptors (Lipinski definition) is 4. The number of nitrogens with one attached hydrogen (secondary N) is 1. The van der Waals surface area contributed by atoms with Gasteiger partial charge < -0.3 is 10.2 Å². The molecule has 3 aromatic carbocycles. The van der Waals surface area contributed by atoms with Crippen LogP contribution in [0.2, 0.25) is 0 Å². The normalized spacial score (nSPS) is 11.7. The van der Waals surface area contributed by atoms with Crippen molar-refractivity contribution in [3.05, 3.63) is 90.3 Å². The summed E-state index contributed by atoms with van der Waals surface area (Å²) in [6.07, 6.45) is -3.59. The zero-order valence-corrected chi connectivity index (χ0v) is 20.3. The number of aromatic nitrogens is 3. The predicted octanol–water partition coefficient (Wildman–Crippen LogP) is 6.67. The third-order valence-corrected chi connectivity index (χ3v) is 6.33. The third-order valence-electron chi connectivity index (χ3n) is 6.33. The van der Waals surface area contributed by atoms with Gasteiger partial charge in [0.1, 0.15) is 5.56 Å². The number of nitrogens with zero attached hydrogens (tertiary/aromatic N) is 4. The summed E-state index contributed by atoms with van der Waals surface area (Å²) in [5.74, 6) is -0.596. The minimum absolute atomic E-state index is 0.0552. The lowest BCUT2D eigenvalue weighted by atomic mass is 10.0. The van der Waals surface area contributed by atoms with E-state index < -0.39 is 17.8 Å². The average molecular weight is 504 g/mol. The van der Waals surface area contributed by atoms with Gasteiger partial charge in [-0.3, -0.25) is 4.79 Å². The Morgan fingerprint density at radius 3 is 2.38 bits per heavy atom. The zero-order valence-electron chi connectivity index (χ0n) is 20.3. The highest BCUT2D eigenvalue weighted by molar-refractivity contribution is 6.08. The van der Waals surface area contributed by atoms with Gasteiger partial charge in [-0.2, -0.15) is 18.3 Å². The van der Waals surface area contributed by atoms with Crippen LogP contribution in [0.1, 0.15) is 29.9 Å². The molecule has 0 unspecified atom stereocenters. The molecular formula is C28H24F3N5O. The van der Waals surface area contributed by atoms with Crippen LogP contribution in [0.5, 0.6) is 0 Å². The Bertz CT molecular complexity index is 1580. The molecule has 37 heavy (non-hydrogen) atoms. The molecule has 0 saturated heterocycles. The van der Waals surface area contributed by atoms with E-state index in [0.29, 0.717) is 15.8 Å². The van der Waals surface area contributed by atoms with Crippen molar-refractivity contribution in [1.82, 2.24) is 14.6 Å². The van der Waals surface area contributed by atoms with Crippen LogP contribution in [0, 0.1) is 0 Å². The van der Waals surface area contributed by atoms with E-state index in [1.807, 2.05) is 42.5 Å². The van der Waals surface area contributed by atoms with Gasteiger partial charge in [0.15, 0.2) is 11.3 Å². The minimum Gasteiger partial charge on any atom is -0.372 e. The van der Waals surface area contributed by atoms with E-state index in [1.165, 1.54) is 0 Å². The lowest BCUT2D eigenvalue weighted by Gasteiger charge is -2.21. The number of hydrogen-bond donors (Lipinski definition) is 1. The first-order valence-electron chi connectivity index (χ1n) is 11.9. The molecule has 0 fully saturated rings. The van der Waals surface area contributed by atoms with Gasteiger partial charge in [0.2, 0.25) is 0 Å². The molecule has 9 heteroatoms. The number of fused-ring (bicyclic) bond motifs is 2. The standard InChI is InChI=1S/C28H24F3N5O/c1-3-35(4-2)20-14-12-19(13-15-20)33-27(37)23-17-32-36-25(28(29,30)31)16-24(34-26(23)36)22-11-7-9-18-8-5-6-10-21(18)22/h5-17H,3-4H2,1-2H3,(H,33,37). The fourth-order valence-corrected chi connectivity index (χ4v) is 4.45. The highest BCUT2D eigenvalue weighted by Crippen LogP contribution is 2.35. The molecule has 0 saturated carbocycles. The molecule has 0 radical (unpaired) electrons. The molecule has 1 amide bonds. The lowest BCUT2D eigenvalue weighted by molar-refractivity contribution is -0.142. The van der Waals surface area contributed by atoms with Crippen LogP contribution in [0.3, 0.4) is 0 Å². The van der Waals surface area contributed by atoms with Crippen LogP contribution >= 0.6 is 0 Å². The first-order chi connectivity index (χ1) is 17.8. The molecule has 0 aliphatic heterocycles. The van der Waals surface area contributed by atoms with Crippen molar-refractivity contribution in [1.29, 1.82) is 0 Å². The quantitative estimate of drug-likeness (QED) is 0.281. The molecule has 2 heterocycles. The summed E-state index contributed by atoms with van der Waals surface area (Å²) in [7, 11) is 0. The van der Waals surface area contributed by atoms with Crippen LogP contribution in [-0.4, -0.2) is 33.6 Å². The van der Waals surface area contributed by atoms with Crippen molar-refractivity contribution in [2.75, 3.05) is 23.3 Å².